The van der Waals surface area contributed by atoms with Crippen molar-refractivity contribution in [3.63, 3.8) is 0 Å². The molecule has 0 spiro atoms. The van der Waals surface area contributed by atoms with E-state index in [4.69, 9.17) is 14.4 Å². The third-order valence-electron chi connectivity index (χ3n) is 8.96. The minimum atomic E-state index is 0.661. The van der Waals surface area contributed by atoms with Gasteiger partial charge in [0.2, 0.25) is 0 Å². The summed E-state index contributed by atoms with van der Waals surface area (Å²) in [5.74, 6) is 0.661. The van der Waals surface area contributed by atoms with E-state index in [0.717, 1.165) is 82.4 Å². The van der Waals surface area contributed by atoms with Crippen LogP contribution in [0.25, 0.3) is 96.0 Å². The summed E-state index contributed by atoms with van der Waals surface area (Å²) >= 11 is 0. The Bertz CT molecular complexity index is 2760. The molecule has 8 aromatic rings. The molecular formula is C45H33N3O. The first kappa shape index (κ1) is 29.9. The molecule has 0 aliphatic carbocycles. The van der Waals surface area contributed by atoms with E-state index in [1.165, 1.54) is 0 Å². The highest BCUT2D eigenvalue weighted by molar-refractivity contribution is 6.13. The Kier molecular flexibility index (Phi) is 7.47. The predicted octanol–water partition coefficient (Wildman–Crippen LogP) is 10.5. The molecule has 4 nitrogen and oxygen atoms in total. The second-order valence-corrected chi connectivity index (χ2v) is 11.9. The van der Waals surface area contributed by atoms with Gasteiger partial charge in [0.15, 0.2) is 11.4 Å². The smallest absolute Gasteiger partial charge is 0.180 e. The summed E-state index contributed by atoms with van der Waals surface area (Å²) in [6.07, 6.45) is 11.9. The molecule has 0 unspecified atom stereocenters. The van der Waals surface area contributed by atoms with Crippen LogP contribution in [0.4, 0.5) is 0 Å². The number of benzene rings is 5. The summed E-state index contributed by atoms with van der Waals surface area (Å²) in [5, 5.41) is 5.21. The molecule has 49 heavy (non-hydrogen) atoms. The maximum absolute atomic E-state index is 6.51. The van der Waals surface area contributed by atoms with Gasteiger partial charge in [-0.05, 0) is 71.0 Å². The zero-order valence-electron chi connectivity index (χ0n) is 27.2. The maximum Gasteiger partial charge on any atom is 0.180 e. The highest BCUT2D eigenvalue weighted by Gasteiger charge is 2.20. The van der Waals surface area contributed by atoms with Crippen molar-refractivity contribution in [2.24, 2.45) is 0 Å². The second kappa shape index (κ2) is 12.3. The van der Waals surface area contributed by atoms with Gasteiger partial charge in [-0.15, -0.1) is 0 Å². The number of allylic oxidation sites excluding steroid dienone is 6. The van der Waals surface area contributed by atoms with Crippen molar-refractivity contribution in [2.75, 3.05) is 0 Å². The van der Waals surface area contributed by atoms with Crippen LogP contribution in [-0.2, 0) is 0 Å². The van der Waals surface area contributed by atoms with Crippen LogP contribution in [0.15, 0.2) is 157 Å². The summed E-state index contributed by atoms with van der Waals surface area (Å²) in [6, 6.07) is 37.5. The van der Waals surface area contributed by atoms with E-state index in [1.54, 1.807) is 0 Å². The summed E-state index contributed by atoms with van der Waals surface area (Å²) < 4.78 is 8.80. The van der Waals surface area contributed by atoms with Gasteiger partial charge in [0.05, 0.1) is 11.0 Å². The molecule has 0 bridgehead atoms. The number of hydrogen-bond acceptors (Lipinski definition) is 3. The van der Waals surface area contributed by atoms with Crippen LogP contribution in [0.2, 0.25) is 0 Å². The normalized spacial score (nSPS) is 12.6. The summed E-state index contributed by atoms with van der Waals surface area (Å²) in [5.41, 5.74) is 10.3. The van der Waals surface area contributed by atoms with E-state index in [9.17, 15) is 0 Å². The van der Waals surface area contributed by atoms with Crippen molar-refractivity contribution in [1.82, 2.24) is 14.5 Å². The van der Waals surface area contributed by atoms with Crippen LogP contribution in [0.3, 0.4) is 0 Å². The highest BCUT2D eigenvalue weighted by Crippen LogP contribution is 2.39. The second-order valence-electron chi connectivity index (χ2n) is 11.9. The lowest BCUT2D eigenvalue weighted by Crippen LogP contribution is -2.23. The number of nitrogens with zero attached hydrogens (tertiary/aromatic N) is 3. The molecular weight excluding hydrogens is 599 g/mol. The monoisotopic (exact) mass is 631 g/mol. The van der Waals surface area contributed by atoms with Crippen LogP contribution >= 0.6 is 0 Å². The van der Waals surface area contributed by atoms with Gasteiger partial charge in [-0.25, -0.2) is 9.97 Å². The van der Waals surface area contributed by atoms with E-state index in [-0.39, 0.29) is 0 Å². The summed E-state index contributed by atoms with van der Waals surface area (Å²) in [7, 11) is 0. The molecule has 0 saturated carbocycles. The third kappa shape index (κ3) is 5.02. The molecule has 0 saturated heterocycles. The lowest BCUT2D eigenvalue weighted by atomic mass is 10.00. The average molecular weight is 632 g/mol. The number of aromatic nitrogens is 3. The Morgan fingerprint density at radius 3 is 2.12 bits per heavy atom. The van der Waals surface area contributed by atoms with Gasteiger partial charge in [-0.1, -0.05) is 123 Å². The molecule has 0 aliphatic rings. The van der Waals surface area contributed by atoms with Crippen LogP contribution in [0.5, 0.6) is 0 Å². The number of hydrogen-bond donors (Lipinski definition) is 0. The molecule has 0 aliphatic heterocycles. The van der Waals surface area contributed by atoms with E-state index >= 15 is 0 Å². The largest absolute Gasteiger partial charge is 0.452 e. The summed E-state index contributed by atoms with van der Waals surface area (Å²) in [4.78, 5) is 10.1. The van der Waals surface area contributed by atoms with E-state index < -0.39 is 0 Å². The standard InChI is InChI=1S/C45H33N3O/c1-5-14-34(15-6-2)48-38-25-22-32(27-36(38)41-35(16-7-3)29(4)21-24-39(41)48)33-23-26-40-37(28-33)43-44(49-40)42(30-17-10-8-11-18-30)46-45(47-43)31-19-12-9-13-20-31/h5-28H,1,3-4H2,2H3/b15-6-,34-14+,35-16+. The first-order chi connectivity index (χ1) is 24.1. The molecule has 3 aromatic heterocycles. The minimum absolute atomic E-state index is 0.661. The van der Waals surface area contributed by atoms with Crippen LogP contribution in [-0.4, -0.2) is 14.5 Å². The fourth-order valence-corrected chi connectivity index (χ4v) is 6.77. The molecule has 0 amide bonds. The van der Waals surface area contributed by atoms with Crippen LogP contribution in [0, 0.1) is 0 Å². The Morgan fingerprint density at radius 2 is 1.41 bits per heavy atom. The highest BCUT2D eigenvalue weighted by atomic mass is 16.3. The Labute approximate surface area is 284 Å². The van der Waals surface area contributed by atoms with Crippen molar-refractivity contribution < 1.29 is 4.42 Å². The zero-order chi connectivity index (χ0) is 33.5. The lowest BCUT2D eigenvalue weighted by Gasteiger charge is -2.09. The Morgan fingerprint density at radius 1 is 0.714 bits per heavy atom. The number of fused-ring (bicyclic) bond motifs is 6. The van der Waals surface area contributed by atoms with Gasteiger partial charge in [0, 0.05) is 33.0 Å². The molecule has 0 fully saturated rings. The first-order valence-electron chi connectivity index (χ1n) is 16.3. The molecule has 0 radical (unpaired) electrons. The van der Waals surface area contributed by atoms with E-state index in [0.29, 0.717) is 11.4 Å². The van der Waals surface area contributed by atoms with E-state index in [2.05, 4.69) is 85.0 Å². The number of rotatable bonds is 7. The molecule has 3 heterocycles. The van der Waals surface area contributed by atoms with Crippen molar-refractivity contribution in [3.05, 3.63) is 163 Å². The van der Waals surface area contributed by atoms with Gasteiger partial charge in [-0.2, -0.15) is 0 Å². The molecule has 4 heteroatoms. The van der Waals surface area contributed by atoms with Gasteiger partial charge in [0.1, 0.15) is 16.8 Å². The van der Waals surface area contributed by atoms with Gasteiger partial charge >= 0.3 is 0 Å². The first-order valence-corrected chi connectivity index (χ1v) is 16.3. The predicted molar refractivity (Wildman–Crippen MR) is 207 cm³/mol. The fraction of sp³-hybridized carbons (Fsp3) is 0.0222. The van der Waals surface area contributed by atoms with Crippen molar-refractivity contribution in [2.45, 2.75) is 6.92 Å². The molecule has 5 aromatic carbocycles. The van der Waals surface area contributed by atoms with Crippen molar-refractivity contribution >= 4 is 62.2 Å². The molecule has 0 atom stereocenters. The minimum Gasteiger partial charge on any atom is -0.452 e. The van der Waals surface area contributed by atoms with Crippen LogP contribution in [0.1, 0.15) is 6.92 Å². The Balaban J connectivity index is 1.40. The maximum atomic E-state index is 6.51. The molecule has 0 N–H and O–H groups in total. The van der Waals surface area contributed by atoms with Gasteiger partial charge < -0.3 is 8.98 Å². The fourth-order valence-electron chi connectivity index (χ4n) is 6.77. The van der Waals surface area contributed by atoms with E-state index in [1.807, 2.05) is 91.9 Å². The van der Waals surface area contributed by atoms with Gasteiger partial charge in [-0.3, -0.25) is 0 Å². The topological polar surface area (TPSA) is 43.9 Å². The Hall–Kier alpha value is -6.52. The van der Waals surface area contributed by atoms with Crippen molar-refractivity contribution in [3.8, 4) is 33.8 Å². The average Bonchev–Trinajstić information content (AvgIpc) is 3.68. The van der Waals surface area contributed by atoms with Gasteiger partial charge in [0.25, 0.3) is 0 Å². The summed E-state index contributed by atoms with van der Waals surface area (Å²) in [6.45, 7) is 14.4. The SMILES string of the molecule is C=C/C=c1\c(=C)ccc2c1c1cc(-c3ccc4oc5c(-c6ccccc6)nc(-c6ccccc6)nc5c4c3)ccc1n2C(/C=C\C)=C/C=C. The van der Waals surface area contributed by atoms with Crippen molar-refractivity contribution in [1.29, 1.82) is 0 Å². The molecule has 8 rings (SSSR count). The molecule has 234 valence electrons. The third-order valence-corrected chi connectivity index (χ3v) is 8.96. The quantitative estimate of drug-likeness (QED) is 0.164. The lowest BCUT2D eigenvalue weighted by molar-refractivity contribution is 0.667. The van der Waals surface area contributed by atoms with Crippen LogP contribution < -0.4 is 10.4 Å². The zero-order valence-corrected chi connectivity index (χ0v) is 27.2. The number of furan rings is 1.